The van der Waals surface area contributed by atoms with Crippen molar-refractivity contribution in [2.24, 2.45) is 0 Å². The van der Waals surface area contributed by atoms with Crippen LogP contribution < -0.4 is 5.48 Å². The predicted octanol–water partition coefficient (Wildman–Crippen LogP) is 2.04. The predicted molar refractivity (Wildman–Crippen MR) is 69.9 cm³/mol. The topological polar surface area (TPSA) is 82.0 Å². The third-order valence-corrected chi connectivity index (χ3v) is 2.84. The molecule has 100 valence electrons. The van der Waals surface area contributed by atoms with Crippen molar-refractivity contribution in [1.29, 1.82) is 0 Å². The summed E-state index contributed by atoms with van der Waals surface area (Å²) in [6.45, 7) is 0. The van der Waals surface area contributed by atoms with E-state index in [2.05, 4.69) is 5.48 Å². The molecule has 0 spiro atoms. The Labute approximate surface area is 110 Å². The molecule has 0 amide bonds. The Bertz CT molecular complexity index is 557. The smallest absolute Gasteiger partial charge is 0.200 e. The zero-order valence-electron chi connectivity index (χ0n) is 10.4. The van der Waals surface area contributed by atoms with Crippen LogP contribution in [0.25, 0.3) is 0 Å². The summed E-state index contributed by atoms with van der Waals surface area (Å²) in [6, 6.07) is 11.7. The monoisotopic (exact) mass is 261 g/mol. The highest BCUT2D eigenvalue weighted by Gasteiger charge is 2.21. The van der Waals surface area contributed by atoms with Gasteiger partial charge in [-0.15, -0.1) is 0 Å². The van der Waals surface area contributed by atoms with Gasteiger partial charge in [-0.1, -0.05) is 30.3 Å². The number of rotatable bonds is 4. The normalized spacial score (nSPS) is 12.3. The van der Waals surface area contributed by atoms with Gasteiger partial charge in [0, 0.05) is 5.56 Å². The second-order valence-corrected chi connectivity index (χ2v) is 4.04. The zero-order chi connectivity index (χ0) is 13.8. The molecule has 0 radical (unpaired) electrons. The fourth-order valence-electron chi connectivity index (χ4n) is 1.89. The van der Waals surface area contributed by atoms with E-state index in [0.717, 1.165) is 5.56 Å². The molecule has 0 aliphatic heterocycles. The van der Waals surface area contributed by atoms with Gasteiger partial charge < -0.3 is 20.2 Å². The van der Waals surface area contributed by atoms with E-state index in [1.165, 1.54) is 19.2 Å². The molecule has 1 unspecified atom stereocenters. The molecule has 2 aromatic rings. The van der Waals surface area contributed by atoms with Crippen molar-refractivity contribution in [2.45, 2.75) is 6.04 Å². The lowest BCUT2D eigenvalue weighted by Gasteiger charge is -2.19. The molecule has 19 heavy (non-hydrogen) atoms. The van der Waals surface area contributed by atoms with Crippen molar-refractivity contribution in [3.63, 3.8) is 0 Å². The first-order chi connectivity index (χ1) is 9.15. The van der Waals surface area contributed by atoms with E-state index < -0.39 is 11.8 Å². The third-order valence-electron chi connectivity index (χ3n) is 2.84. The minimum Gasteiger partial charge on any atom is -0.504 e. The van der Waals surface area contributed by atoms with Crippen LogP contribution in [0.2, 0.25) is 0 Å². The Balaban J connectivity index is 2.49. The van der Waals surface area contributed by atoms with Gasteiger partial charge in [-0.3, -0.25) is 0 Å². The van der Waals surface area contributed by atoms with Gasteiger partial charge in [-0.05, 0) is 17.7 Å². The van der Waals surface area contributed by atoms with E-state index >= 15 is 0 Å². The van der Waals surface area contributed by atoms with Crippen LogP contribution in [0.3, 0.4) is 0 Å². The molecule has 0 saturated heterocycles. The number of aromatic hydroxyl groups is 3. The van der Waals surface area contributed by atoms with Crippen LogP contribution in [-0.4, -0.2) is 22.4 Å². The number of hydrogen-bond acceptors (Lipinski definition) is 5. The molecule has 5 heteroatoms. The highest BCUT2D eigenvalue weighted by molar-refractivity contribution is 5.55. The van der Waals surface area contributed by atoms with Gasteiger partial charge in [0.25, 0.3) is 0 Å². The van der Waals surface area contributed by atoms with Crippen molar-refractivity contribution in [3.8, 4) is 17.2 Å². The second-order valence-electron chi connectivity index (χ2n) is 4.04. The molecule has 0 saturated carbocycles. The summed E-state index contributed by atoms with van der Waals surface area (Å²) in [5, 5.41) is 28.9. The Kier molecular flexibility index (Phi) is 3.89. The number of phenols is 3. The van der Waals surface area contributed by atoms with E-state index in [4.69, 9.17) is 4.84 Å². The molecule has 2 aromatic carbocycles. The lowest BCUT2D eigenvalue weighted by atomic mass is 9.98. The standard InChI is InChI=1S/C14H15NO4/c1-19-15-12(9-5-3-2-4-6-9)10-7-8-11(16)14(18)13(10)17/h2-8,12,15-18H,1H3. The average Bonchev–Trinajstić information content (AvgIpc) is 2.44. The molecule has 1 atom stereocenters. The Hall–Kier alpha value is -2.24. The van der Waals surface area contributed by atoms with Crippen LogP contribution in [0, 0.1) is 0 Å². The highest BCUT2D eigenvalue weighted by atomic mass is 16.6. The zero-order valence-corrected chi connectivity index (χ0v) is 10.4. The van der Waals surface area contributed by atoms with Crippen molar-refractivity contribution < 1.29 is 20.2 Å². The van der Waals surface area contributed by atoms with Crippen molar-refractivity contribution in [2.75, 3.05) is 7.11 Å². The van der Waals surface area contributed by atoms with E-state index in [-0.39, 0.29) is 11.5 Å². The Morgan fingerprint density at radius 2 is 1.63 bits per heavy atom. The second kappa shape index (κ2) is 5.60. The van der Waals surface area contributed by atoms with Gasteiger partial charge in [0.1, 0.15) is 0 Å². The molecule has 0 heterocycles. The molecular weight excluding hydrogens is 246 g/mol. The lowest BCUT2D eigenvalue weighted by Crippen LogP contribution is -2.21. The summed E-state index contributed by atoms with van der Waals surface area (Å²) in [5.41, 5.74) is 4.01. The molecule has 0 aliphatic carbocycles. The largest absolute Gasteiger partial charge is 0.504 e. The molecule has 0 aromatic heterocycles. The van der Waals surface area contributed by atoms with Crippen LogP contribution in [0.5, 0.6) is 17.2 Å². The molecule has 4 N–H and O–H groups in total. The number of hydroxylamine groups is 1. The molecule has 0 aliphatic rings. The molecule has 5 nitrogen and oxygen atoms in total. The van der Waals surface area contributed by atoms with Crippen molar-refractivity contribution in [3.05, 3.63) is 53.6 Å². The first-order valence-corrected chi connectivity index (χ1v) is 5.72. The Morgan fingerprint density at radius 1 is 0.947 bits per heavy atom. The van der Waals surface area contributed by atoms with Gasteiger partial charge >= 0.3 is 0 Å². The lowest BCUT2D eigenvalue weighted by molar-refractivity contribution is 0.0708. The maximum Gasteiger partial charge on any atom is 0.200 e. The maximum absolute atomic E-state index is 9.93. The first kappa shape index (κ1) is 13.2. The third kappa shape index (κ3) is 2.62. The van der Waals surface area contributed by atoms with E-state index in [0.29, 0.717) is 5.56 Å². The molecular formula is C14H15NO4. The van der Waals surface area contributed by atoms with E-state index in [9.17, 15) is 15.3 Å². The average molecular weight is 261 g/mol. The van der Waals surface area contributed by atoms with Crippen molar-refractivity contribution in [1.82, 2.24) is 5.48 Å². The summed E-state index contributed by atoms with van der Waals surface area (Å²) in [4.78, 5) is 4.93. The molecule has 0 bridgehead atoms. The fraction of sp³-hybridized carbons (Fsp3) is 0.143. The summed E-state index contributed by atoms with van der Waals surface area (Å²) in [7, 11) is 1.47. The van der Waals surface area contributed by atoms with Gasteiger partial charge in [0.2, 0.25) is 5.75 Å². The summed E-state index contributed by atoms with van der Waals surface area (Å²) < 4.78 is 0. The van der Waals surface area contributed by atoms with Gasteiger partial charge in [-0.25, -0.2) is 0 Å². The summed E-state index contributed by atoms with van der Waals surface area (Å²) in [6.07, 6.45) is 0. The Morgan fingerprint density at radius 3 is 2.26 bits per heavy atom. The van der Waals surface area contributed by atoms with E-state index in [1.807, 2.05) is 30.3 Å². The van der Waals surface area contributed by atoms with Gasteiger partial charge in [-0.2, -0.15) is 5.48 Å². The van der Waals surface area contributed by atoms with Gasteiger partial charge in [0.05, 0.1) is 13.2 Å². The minimum atomic E-state index is -0.545. The summed E-state index contributed by atoms with van der Waals surface area (Å²) in [5.74, 6) is -1.29. The highest BCUT2D eigenvalue weighted by Crippen LogP contribution is 2.41. The minimum absolute atomic E-state index is 0.370. The maximum atomic E-state index is 9.93. The van der Waals surface area contributed by atoms with Gasteiger partial charge in [0.15, 0.2) is 11.5 Å². The first-order valence-electron chi connectivity index (χ1n) is 5.72. The number of benzene rings is 2. The fourth-order valence-corrected chi connectivity index (χ4v) is 1.89. The van der Waals surface area contributed by atoms with Crippen LogP contribution in [0.1, 0.15) is 17.2 Å². The summed E-state index contributed by atoms with van der Waals surface area (Å²) >= 11 is 0. The quantitative estimate of drug-likeness (QED) is 0.500. The van der Waals surface area contributed by atoms with Crippen LogP contribution >= 0.6 is 0 Å². The number of nitrogens with one attached hydrogen (secondary N) is 1. The molecule has 0 fully saturated rings. The SMILES string of the molecule is CONC(c1ccccc1)c1ccc(O)c(O)c1O. The number of phenolic OH excluding ortho intramolecular Hbond substituents is 3. The van der Waals surface area contributed by atoms with E-state index in [1.54, 1.807) is 0 Å². The van der Waals surface area contributed by atoms with Crippen LogP contribution in [0.15, 0.2) is 42.5 Å². The van der Waals surface area contributed by atoms with Crippen LogP contribution in [0.4, 0.5) is 0 Å². The van der Waals surface area contributed by atoms with Crippen LogP contribution in [-0.2, 0) is 4.84 Å². The van der Waals surface area contributed by atoms with Crippen molar-refractivity contribution >= 4 is 0 Å². The number of hydrogen-bond donors (Lipinski definition) is 4. The molecule has 2 rings (SSSR count).